The van der Waals surface area contributed by atoms with Crippen molar-refractivity contribution in [3.63, 3.8) is 0 Å². The fraction of sp³-hybridized carbons (Fsp3) is 0.538. The van der Waals surface area contributed by atoms with E-state index < -0.39 is 54.0 Å². The molecule has 1 aromatic heterocycles. The van der Waals surface area contributed by atoms with Crippen LogP contribution in [0.25, 0.3) is 10.9 Å². The van der Waals surface area contributed by atoms with Crippen LogP contribution >= 0.6 is 11.8 Å². The molecule has 12 heteroatoms. The second-order valence-corrected chi connectivity index (χ2v) is 10.4. The number of aliphatic hydroxyl groups is 1. The van der Waals surface area contributed by atoms with Gasteiger partial charge in [-0.1, -0.05) is 38.5 Å². The number of aliphatic hydroxyl groups excluding tert-OH is 1. The number of aliphatic carboxylic acids is 1. The number of amides is 3. The summed E-state index contributed by atoms with van der Waals surface area (Å²) in [4.78, 5) is 54.1. The molecule has 3 amide bonds. The minimum atomic E-state index is -1.54. The van der Waals surface area contributed by atoms with E-state index in [1.807, 2.05) is 37.4 Å². The van der Waals surface area contributed by atoms with Crippen LogP contribution in [-0.2, 0) is 25.6 Å². The van der Waals surface area contributed by atoms with Gasteiger partial charge in [0.15, 0.2) is 6.04 Å². The number of carboxylic acids is 1. The molecule has 2 aromatic rings. The van der Waals surface area contributed by atoms with Gasteiger partial charge in [-0.25, -0.2) is 4.79 Å². The van der Waals surface area contributed by atoms with Gasteiger partial charge in [0, 0.05) is 23.5 Å². The van der Waals surface area contributed by atoms with Crippen molar-refractivity contribution in [2.75, 3.05) is 12.0 Å². The zero-order valence-electron chi connectivity index (χ0n) is 22.2. The summed E-state index contributed by atoms with van der Waals surface area (Å²) in [5.74, 6) is -2.91. The maximum atomic E-state index is 13.5. The largest absolute Gasteiger partial charge is 0.480 e. The number of carbonyl (C=O) groups excluding carboxylic acids is 3. The third-order valence-corrected chi connectivity index (χ3v) is 7.19. The average molecular weight is 550 g/mol. The number of benzene rings is 1. The minimum Gasteiger partial charge on any atom is -0.480 e. The van der Waals surface area contributed by atoms with E-state index in [4.69, 9.17) is 5.73 Å². The lowest BCUT2D eigenvalue weighted by Gasteiger charge is -2.28. The van der Waals surface area contributed by atoms with Crippen molar-refractivity contribution in [2.45, 2.75) is 70.3 Å². The summed E-state index contributed by atoms with van der Waals surface area (Å²) in [7, 11) is 0. The second-order valence-electron chi connectivity index (χ2n) is 9.45. The van der Waals surface area contributed by atoms with E-state index in [2.05, 4.69) is 20.9 Å². The molecular weight excluding hydrogens is 510 g/mol. The van der Waals surface area contributed by atoms with Gasteiger partial charge in [0.05, 0.1) is 12.1 Å². The fourth-order valence-corrected chi connectivity index (χ4v) is 4.46. The molecule has 0 aliphatic carbocycles. The van der Waals surface area contributed by atoms with Crippen molar-refractivity contribution in [1.29, 1.82) is 0 Å². The van der Waals surface area contributed by atoms with Crippen LogP contribution in [0.1, 0.15) is 39.2 Å². The Kier molecular flexibility index (Phi) is 12.1. The smallest absolute Gasteiger partial charge is 0.328 e. The number of nitrogens with one attached hydrogen (secondary N) is 4. The van der Waals surface area contributed by atoms with Gasteiger partial charge in [0.2, 0.25) is 17.7 Å². The summed E-state index contributed by atoms with van der Waals surface area (Å²) in [6, 6.07) is 3.06. The molecule has 1 heterocycles. The topological polar surface area (TPSA) is 187 Å². The van der Waals surface area contributed by atoms with E-state index in [0.29, 0.717) is 18.6 Å². The number of H-pyrrole nitrogens is 1. The lowest BCUT2D eigenvalue weighted by Crippen LogP contribution is -2.60. The van der Waals surface area contributed by atoms with Crippen LogP contribution in [0.4, 0.5) is 0 Å². The first-order valence-electron chi connectivity index (χ1n) is 12.6. The third kappa shape index (κ3) is 8.47. The number of hydrogen-bond donors (Lipinski definition) is 7. The summed E-state index contributed by atoms with van der Waals surface area (Å²) < 4.78 is 0. The van der Waals surface area contributed by atoms with Gasteiger partial charge in [-0.3, -0.25) is 14.4 Å². The summed E-state index contributed by atoms with van der Waals surface area (Å²) in [6.45, 7) is 4.83. The molecule has 38 heavy (non-hydrogen) atoms. The Morgan fingerprint density at radius 1 is 1.03 bits per heavy atom. The van der Waals surface area contributed by atoms with E-state index in [1.165, 1.54) is 6.92 Å². The predicted octanol–water partition coefficient (Wildman–Crippen LogP) is 0.757. The number of fused-ring (bicyclic) bond motifs is 1. The predicted molar refractivity (Wildman–Crippen MR) is 148 cm³/mol. The maximum absolute atomic E-state index is 13.5. The SMILES string of the molecule is CCC(C)C(NC(=O)C(Cc1c[nH]c2ccccc12)NC(=O)C(N)CCSC)C(=O)NC(C(=O)O)C(C)O. The van der Waals surface area contributed by atoms with E-state index in [1.54, 1.807) is 24.9 Å². The number of aromatic nitrogens is 1. The second kappa shape index (κ2) is 14.7. The minimum absolute atomic E-state index is 0.136. The Bertz CT molecular complexity index is 1110. The highest BCUT2D eigenvalue weighted by Gasteiger charge is 2.34. The molecule has 8 N–H and O–H groups in total. The molecule has 6 unspecified atom stereocenters. The highest BCUT2D eigenvalue weighted by molar-refractivity contribution is 7.98. The Labute approximate surface area is 226 Å². The molecule has 0 aliphatic heterocycles. The summed E-state index contributed by atoms with van der Waals surface area (Å²) in [5, 5.41) is 27.8. The van der Waals surface area contributed by atoms with E-state index in [0.717, 1.165) is 16.5 Å². The lowest BCUT2D eigenvalue weighted by atomic mass is 9.96. The molecule has 0 saturated heterocycles. The number of carbonyl (C=O) groups is 4. The van der Waals surface area contributed by atoms with Crippen LogP contribution in [0.3, 0.4) is 0 Å². The van der Waals surface area contributed by atoms with E-state index in [-0.39, 0.29) is 12.3 Å². The average Bonchev–Trinajstić information content (AvgIpc) is 3.29. The molecule has 6 atom stereocenters. The zero-order chi connectivity index (χ0) is 28.4. The number of aromatic amines is 1. The number of rotatable bonds is 15. The van der Waals surface area contributed by atoms with Crippen LogP contribution in [-0.4, -0.2) is 81.2 Å². The Hall–Kier alpha value is -3.09. The first kappa shape index (κ1) is 31.1. The van der Waals surface area contributed by atoms with Gasteiger partial charge < -0.3 is 36.9 Å². The highest BCUT2D eigenvalue weighted by Crippen LogP contribution is 2.20. The molecule has 0 saturated carbocycles. The Balaban J connectivity index is 2.31. The van der Waals surface area contributed by atoms with Gasteiger partial charge in [-0.05, 0) is 42.9 Å². The van der Waals surface area contributed by atoms with Crippen LogP contribution in [0.15, 0.2) is 30.5 Å². The Morgan fingerprint density at radius 3 is 2.29 bits per heavy atom. The van der Waals surface area contributed by atoms with Crippen molar-refractivity contribution in [1.82, 2.24) is 20.9 Å². The molecule has 2 rings (SSSR count). The zero-order valence-corrected chi connectivity index (χ0v) is 23.0. The highest BCUT2D eigenvalue weighted by atomic mass is 32.2. The summed E-state index contributed by atoms with van der Waals surface area (Å²) in [5.41, 5.74) is 7.71. The molecule has 0 fully saturated rings. The Morgan fingerprint density at radius 2 is 1.68 bits per heavy atom. The van der Waals surface area contributed by atoms with Crippen LogP contribution in [0.5, 0.6) is 0 Å². The molecule has 1 aromatic carbocycles. The first-order valence-corrected chi connectivity index (χ1v) is 14.0. The summed E-state index contributed by atoms with van der Waals surface area (Å²) in [6.07, 6.45) is 3.40. The van der Waals surface area contributed by atoms with Crippen LogP contribution in [0, 0.1) is 5.92 Å². The molecule has 0 spiro atoms. The quantitative estimate of drug-likeness (QED) is 0.170. The molecule has 11 nitrogen and oxygen atoms in total. The fourth-order valence-electron chi connectivity index (χ4n) is 3.97. The standard InChI is InChI=1S/C26H39N5O6S/c1-5-14(2)21(25(35)31-22(15(3)32)26(36)37)30-24(34)20(29-23(33)18(27)10-11-38-4)12-16-13-28-19-9-7-6-8-17(16)19/h6-9,13-15,18,20-22,28,32H,5,10-12,27H2,1-4H3,(H,29,33)(H,30,34)(H,31,35)(H,36,37). The van der Waals surface area contributed by atoms with Crippen molar-refractivity contribution in [3.8, 4) is 0 Å². The molecule has 0 bridgehead atoms. The number of para-hydroxylation sites is 1. The van der Waals surface area contributed by atoms with Gasteiger partial charge in [0.1, 0.15) is 12.1 Å². The van der Waals surface area contributed by atoms with Crippen molar-refractivity contribution in [3.05, 3.63) is 36.0 Å². The number of nitrogens with two attached hydrogens (primary N) is 1. The molecule has 0 aliphatic rings. The molecular formula is C26H39N5O6S. The van der Waals surface area contributed by atoms with Crippen molar-refractivity contribution in [2.24, 2.45) is 11.7 Å². The lowest BCUT2D eigenvalue weighted by molar-refractivity contribution is -0.145. The molecule has 210 valence electrons. The van der Waals surface area contributed by atoms with E-state index >= 15 is 0 Å². The summed E-state index contributed by atoms with van der Waals surface area (Å²) >= 11 is 1.56. The number of carboxylic acid groups (broad SMARTS) is 1. The monoisotopic (exact) mass is 549 g/mol. The van der Waals surface area contributed by atoms with Crippen molar-refractivity contribution >= 4 is 46.4 Å². The molecule has 0 radical (unpaired) electrons. The van der Waals surface area contributed by atoms with Gasteiger partial charge >= 0.3 is 5.97 Å². The normalized spacial score (nSPS) is 16.1. The van der Waals surface area contributed by atoms with Gasteiger partial charge in [-0.15, -0.1) is 0 Å². The third-order valence-electron chi connectivity index (χ3n) is 6.54. The number of thioether (sulfide) groups is 1. The number of hydrogen-bond acceptors (Lipinski definition) is 7. The maximum Gasteiger partial charge on any atom is 0.328 e. The first-order chi connectivity index (χ1) is 18.0. The van der Waals surface area contributed by atoms with Crippen LogP contribution in [0.2, 0.25) is 0 Å². The van der Waals surface area contributed by atoms with Gasteiger partial charge in [0.25, 0.3) is 0 Å². The van der Waals surface area contributed by atoms with Gasteiger partial charge in [-0.2, -0.15) is 11.8 Å². The van der Waals surface area contributed by atoms with E-state index in [9.17, 15) is 29.4 Å². The van der Waals surface area contributed by atoms with Crippen molar-refractivity contribution < 1.29 is 29.4 Å². The van der Waals surface area contributed by atoms with Crippen LogP contribution < -0.4 is 21.7 Å².